The number of rotatable bonds is 4. The summed E-state index contributed by atoms with van der Waals surface area (Å²) in [5, 5.41) is 0. The quantitative estimate of drug-likeness (QED) is 0.861. The minimum Gasteiger partial charge on any atom is -0.493 e. The van der Waals surface area contributed by atoms with Gasteiger partial charge in [0.2, 0.25) is 0 Å². The molecule has 1 aliphatic carbocycles. The van der Waals surface area contributed by atoms with Crippen molar-refractivity contribution < 1.29 is 14.3 Å². The van der Waals surface area contributed by atoms with Gasteiger partial charge in [0.05, 0.1) is 25.3 Å². The number of ether oxygens (including phenoxy) is 2. The summed E-state index contributed by atoms with van der Waals surface area (Å²) in [4.78, 5) is 19.1. The number of fused-ring (bicyclic) bond motifs is 2. The van der Waals surface area contributed by atoms with E-state index in [1.54, 1.807) is 12.4 Å². The van der Waals surface area contributed by atoms with Gasteiger partial charge in [-0.05, 0) is 31.0 Å². The highest BCUT2D eigenvalue weighted by atomic mass is 16.5. The first-order valence-corrected chi connectivity index (χ1v) is 8.95. The Morgan fingerprint density at radius 3 is 2.92 bits per heavy atom. The number of benzene rings is 1. The molecule has 2 aliphatic heterocycles. The third kappa shape index (κ3) is 2.54. The minimum atomic E-state index is 0.0545. The lowest BCUT2D eigenvalue weighted by Gasteiger charge is -2.25. The number of hydrogen-bond donors (Lipinski definition) is 0. The fourth-order valence-corrected chi connectivity index (χ4v) is 3.83. The van der Waals surface area contributed by atoms with Gasteiger partial charge in [-0.15, -0.1) is 0 Å². The maximum atomic E-state index is 13.0. The molecule has 5 nitrogen and oxygen atoms in total. The van der Waals surface area contributed by atoms with Crippen LogP contribution in [0.3, 0.4) is 0 Å². The minimum absolute atomic E-state index is 0.0545. The van der Waals surface area contributed by atoms with Gasteiger partial charge in [-0.1, -0.05) is 0 Å². The molecule has 1 saturated carbocycles. The van der Waals surface area contributed by atoms with E-state index in [0.29, 0.717) is 31.4 Å². The lowest BCUT2D eigenvalue weighted by Crippen LogP contribution is -2.33. The van der Waals surface area contributed by atoms with Crippen LogP contribution in [0.4, 0.5) is 0 Å². The predicted octanol–water partition coefficient (Wildman–Crippen LogP) is 2.76. The van der Waals surface area contributed by atoms with Crippen molar-refractivity contribution in [1.29, 1.82) is 0 Å². The van der Waals surface area contributed by atoms with Crippen LogP contribution < -0.4 is 9.47 Å². The molecule has 128 valence electrons. The van der Waals surface area contributed by atoms with Gasteiger partial charge in [0, 0.05) is 48.0 Å². The number of pyridine rings is 1. The Kier molecular flexibility index (Phi) is 3.40. The summed E-state index contributed by atoms with van der Waals surface area (Å²) in [5.74, 6) is 2.01. The molecule has 3 aliphatic rings. The van der Waals surface area contributed by atoms with E-state index < -0.39 is 0 Å². The molecular weight excluding hydrogens is 316 g/mol. The molecule has 0 radical (unpaired) electrons. The normalized spacial score (nSPS) is 17.4. The Hall–Kier alpha value is -2.56. The second-order valence-corrected chi connectivity index (χ2v) is 6.92. The van der Waals surface area contributed by atoms with Gasteiger partial charge in [0.1, 0.15) is 11.5 Å². The molecule has 0 saturated heterocycles. The van der Waals surface area contributed by atoms with E-state index in [1.807, 2.05) is 17.0 Å². The highest BCUT2D eigenvalue weighted by Gasteiger charge is 2.36. The van der Waals surface area contributed by atoms with Crippen LogP contribution in [-0.4, -0.2) is 35.0 Å². The van der Waals surface area contributed by atoms with Crippen LogP contribution >= 0.6 is 0 Å². The number of carbonyl (C=O) groups excluding carboxylic acids is 1. The topological polar surface area (TPSA) is 51.7 Å². The smallest absolute Gasteiger partial charge is 0.255 e. The van der Waals surface area contributed by atoms with Crippen LogP contribution in [-0.2, 0) is 19.4 Å². The molecule has 1 amide bonds. The summed E-state index contributed by atoms with van der Waals surface area (Å²) < 4.78 is 11.7. The average molecular weight is 336 g/mol. The number of aromatic nitrogens is 1. The van der Waals surface area contributed by atoms with Crippen LogP contribution in [0.2, 0.25) is 0 Å². The molecule has 1 aromatic carbocycles. The molecule has 5 rings (SSSR count). The molecule has 0 unspecified atom stereocenters. The zero-order chi connectivity index (χ0) is 16.8. The Bertz CT molecular complexity index is 798. The molecular formula is C20H20N2O3. The van der Waals surface area contributed by atoms with Crippen LogP contribution in [0.25, 0.3) is 0 Å². The fraction of sp³-hybridized carbons (Fsp3) is 0.400. The second-order valence-electron chi connectivity index (χ2n) is 6.92. The molecule has 1 fully saturated rings. The van der Waals surface area contributed by atoms with E-state index >= 15 is 0 Å². The van der Waals surface area contributed by atoms with Crippen molar-refractivity contribution in [2.45, 2.75) is 38.3 Å². The second kappa shape index (κ2) is 5.76. The maximum absolute atomic E-state index is 13.0. The first kappa shape index (κ1) is 14.8. The standard InChI is InChI=1S/C20H20N2O3/c23-20(14-2-1-7-21-11-14)22(15-3-4-15)12-17-16-6-9-24-18(16)10-13-5-8-25-19(13)17/h1-2,7,10-11,15H,3-6,8-9,12H2. The van der Waals surface area contributed by atoms with Crippen molar-refractivity contribution in [2.75, 3.05) is 13.2 Å². The third-order valence-corrected chi connectivity index (χ3v) is 5.25. The fourth-order valence-electron chi connectivity index (χ4n) is 3.83. The summed E-state index contributed by atoms with van der Waals surface area (Å²) in [6.45, 7) is 2.02. The van der Waals surface area contributed by atoms with Gasteiger partial charge in [-0.3, -0.25) is 9.78 Å². The Morgan fingerprint density at radius 2 is 2.12 bits per heavy atom. The van der Waals surface area contributed by atoms with Gasteiger partial charge in [0.25, 0.3) is 5.91 Å². The zero-order valence-electron chi connectivity index (χ0n) is 14.0. The van der Waals surface area contributed by atoms with E-state index in [9.17, 15) is 4.79 Å². The molecule has 25 heavy (non-hydrogen) atoms. The van der Waals surface area contributed by atoms with Crippen LogP contribution in [0.1, 0.15) is 39.9 Å². The summed E-state index contributed by atoms with van der Waals surface area (Å²) in [6.07, 6.45) is 7.29. The van der Waals surface area contributed by atoms with E-state index in [-0.39, 0.29) is 5.91 Å². The third-order valence-electron chi connectivity index (χ3n) is 5.25. The number of nitrogens with zero attached hydrogens (tertiary/aromatic N) is 2. The van der Waals surface area contributed by atoms with Gasteiger partial charge in [-0.2, -0.15) is 0 Å². The van der Waals surface area contributed by atoms with E-state index in [1.165, 1.54) is 11.1 Å². The monoisotopic (exact) mass is 336 g/mol. The number of hydrogen-bond acceptors (Lipinski definition) is 4. The summed E-state index contributed by atoms with van der Waals surface area (Å²) in [7, 11) is 0. The Labute approximate surface area is 146 Å². The largest absolute Gasteiger partial charge is 0.493 e. The summed E-state index contributed by atoms with van der Waals surface area (Å²) in [6, 6.07) is 6.10. The van der Waals surface area contributed by atoms with Crippen molar-refractivity contribution in [1.82, 2.24) is 9.88 Å². The number of amides is 1. The Balaban J connectivity index is 1.52. The van der Waals surface area contributed by atoms with Crippen LogP contribution in [0.15, 0.2) is 30.6 Å². The summed E-state index contributed by atoms with van der Waals surface area (Å²) in [5.41, 5.74) is 4.22. The van der Waals surface area contributed by atoms with Gasteiger partial charge in [0.15, 0.2) is 0 Å². The van der Waals surface area contributed by atoms with Crippen molar-refractivity contribution in [3.8, 4) is 11.5 Å². The molecule has 5 heteroatoms. The molecule has 0 atom stereocenters. The molecule has 1 aromatic heterocycles. The van der Waals surface area contributed by atoms with Gasteiger partial charge < -0.3 is 14.4 Å². The van der Waals surface area contributed by atoms with Gasteiger partial charge >= 0.3 is 0 Å². The highest BCUT2D eigenvalue weighted by molar-refractivity contribution is 5.94. The molecule has 2 aromatic rings. The molecule has 3 heterocycles. The van der Waals surface area contributed by atoms with Gasteiger partial charge in [-0.25, -0.2) is 0 Å². The predicted molar refractivity (Wildman–Crippen MR) is 92.0 cm³/mol. The van der Waals surface area contributed by atoms with Crippen molar-refractivity contribution in [3.63, 3.8) is 0 Å². The summed E-state index contributed by atoms with van der Waals surface area (Å²) >= 11 is 0. The van der Waals surface area contributed by atoms with Crippen molar-refractivity contribution in [2.24, 2.45) is 0 Å². The Morgan fingerprint density at radius 1 is 1.24 bits per heavy atom. The van der Waals surface area contributed by atoms with E-state index in [0.717, 1.165) is 42.7 Å². The first-order chi connectivity index (χ1) is 12.3. The highest BCUT2D eigenvalue weighted by Crippen LogP contribution is 2.42. The maximum Gasteiger partial charge on any atom is 0.255 e. The first-order valence-electron chi connectivity index (χ1n) is 8.95. The molecule has 0 spiro atoms. The molecule has 0 N–H and O–H groups in total. The van der Waals surface area contributed by atoms with Crippen molar-refractivity contribution in [3.05, 3.63) is 52.8 Å². The van der Waals surface area contributed by atoms with E-state index in [2.05, 4.69) is 11.1 Å². The van der Waals surface area contributed by atoms with Crippen LogP contribution in [0.5, 0.6) is 11.5 Å². The molecule has 0 bridgehead atoms. The van der Waals surface area contributed by atoms with E-state index in [4.69, 9.17) is 9.47 Å². The lowest BCUT2D eigenvalue weighted by molar-refractivity contribution is 0.0728. The van der Waals surface area contributed by atoms with Crippen molar-refractivity contribution >= 4 is 5.91 Å². The average Bonchev–Trinajstić information content (AvgIpc) is 3.18. The number of carbonyl (C=O) groups is 1. The SMILES string of the molecule is O=C(c1cccnc1)N(Cc1c2c(cc3c1OCC3)OCC2)C1CC1. The lowest BCUT2D eigenvalue weighted by atomic mass is 9.99. The zero-order valence-corrected chi connectivity index (χ0v) is 14.0. The van der Waals surface area contributed by atoms with Crippen LogP contribution in [0, 0.1) is 0 Å².